The Labute approximate surface area is 88.3 Å². The molecule has 0 aliphatic rings. The molecule has 0 aliphatic carbocycles. The fourth-order valence-corrected chi connectivity index (χ4v) is 1.72. The van der Waals surface area contributed by atoms with Crippen molar-refractivity contribution >= 4 is 0 Å². The van der Waals surface area contributed by atoms with Gasteiger partial charge in [-0.2, -0.15) is 0 Å². The summed E-state index contributed by atoms with van der Waals surface area (Å²) in [4.78, 5) is 0. The normalized spacial score (nSPS) is 15.9. The van der Waals surface area contributed by atoms with Crippen LogP contribution in [0.4, 0.5) is 0 Å². The maximum atomic E-state index is 9.36. The predicted molar refractivity (Wildman–Crippen MR) is 60.2 cm³/mol. The zero-order valence-electron chi connectivity index (χ0n) is 9.87. The third kappa shape index (κ3) is 6.39. The van der Waals surface area contributed by atoms with E-state index in [1.54, 1.807) is 6.92 Å². The van der Waals surface area contributed by atoms with Crippen LogP contribution in [0.2, 0.25) is 0 Å². The second-order valence-corrected chi connectivity index (χ2v) is 4.27. The lowest BCUT2D eigenvalue weighted by Gasteiger charge is -2.15. The molecule has 0 aromatic carbocycles. The van der Waals surface area contributed by atoms with Gasteiger partial charge in [-0.05, 0) is 19.3 Å². The molecule has 0 rings (SSSR count). The highest BCUT2D eigenvalue weighted by Gasteiger charge is 2.10. The maximum absolute atomic E-state index is 9.36. The molecule has 0 aliphatic heterocycles. The molecule has 0 bridgehead atoms. The molecule has 2 unspecified atom stereocenters. The van der Waals surface area contributed by atoms with Crippen LogP contribution in [0.25, 0.3) is 0 Å². The van der Waals surface area contributed by atoms with E-state index >= 15 is 0 Å². The first-order valence-electron chi connectivity index (χ1n) is 5.97. The fraction of sp³-hybridized carbons (Fsp3) is 1.00. The summed E-state index contributed by atoms with van der Waals surface area (Å²) in [6, 6.07) is 0. The maximum Gasteiger partial charge on any atom is 0.0796 e. The summed E-state index contributed by atoms with van der Waals surface area (Å²) in [5.41, 5.74) is 0. The van der Waals surface area contributed by atoms with E-state index in [-0.39, 0.29) is 0 Å². The van der Waals surface area contributed by atoms with E-state index in [1.807, 2.05) is 0 Å². The topological polar surface area (TPSA) is 40.5 Å². The predicted octanol–water partition coefficient (Wildman–Crippen LogP) is 2.72. The molecule has 0 saturated carbocycles. The lowest BCUT2D eigenvalue weighted by molar-refractivity contribution is 0.0245. The molecule has 0 amide bonds. The Morgan fingerprint density at radius 2 is 1.43 bits per heavy atom. The van der Waals surface area contributed by atoms with Crippen molar-refractivity contribution in [1.29, 1.82) is 0 Å². The summed E-state index contributed by atoms with van der Waals surface area (Å²) < 4.78 is 0. The highest BCUT2D eigenvalue weighted by molar-refractivity contribution is 4.62. The monoisotopic (exact) mass is 202 g/mol. The fourth-order valence-electron chi connectivity index (χ4n) is 1.72. The van der Waals surface area contributed by atoms with Crippen LogP contribution in [0.3, 0.4) is 0 Å². The van der Waals surface area contributed by atoms with Crippen molar-refractivity contribution in [1.82, 2.24) is 0 Å². The first-order valence-corrected chi connectivity index (χ1v) is 5.97. The van der Waals surface area contributed by atoms with E-state index in [1.165, 1.54) is 25.7 Å². The van der Waals surface area contributed by atoms with Crippen LogP contribution in [0.1, 0.15) is 59.3 Å². The van der Waals surface area contributed by atoms with Gasteiger partial charge in [0.1, 0.15) is 0 Å². The quantitative estimate of drug-likeness (QED) is 0.594. The SMILES string of the molecule is CCC(CC)CCCCC(O)C(C)O. The van der Waals surface area contributed by atoms with Gasteiger partial charge in [0, 0.05) is 0 Å². The van der Waals surface area contributed by atoms with E-state index in [9.17, 15) is 5.11 Å². The molecule has 14 heavy (non-hydrogen) atoms. The van der Waals surface area contributed by atoms with Crippen LogP contribution in [0, 0.1) is 5.92 Å². The highest BCUT2D eigenvalue weighted by Crippen LogP contribution is 2.17. The number of unbranched alkanes of at least 4 members (excludes halogenated alkanes) is 1. The standard InChI is InChI=1S/C12H26O2/c1-4-11(5-2)8-6-7-9-12(14)10(3)13/h10-14H,4-9H2,1-3H3. The van der Waals surface area contributed by atoms with Crippen LogP contribution in [0.5, 0.6) is 0 Å². The van der Waals surface area contributed by atoms with E-state index in [4.69, 9.17) is 5.11 Å². The third-order valence-electron chi connectivity index (χ3n) is 3.07. The molecule has 86 valence electrons. The van der Waals surface area contributed by atoms with Crippen molar-refractivity contribution in [3.63, 3.8) is 0 Å². The van der Waals surface area contributed by atoms with Gasteiger partial charge in [-0.1, -0.05) is 46.0 Å². The first kappa shape index (κ1) is 13.9. The van der Waals surface area contributed by atoms with Crippen LogP contribution >= 0.6 is 0 Å². The zero-order chi connectivity index (χ0) is 11.0. The molecule has 0 radical (unpaired) electrons. The van der Waals surface area contributed by atoms with E-state index in [2.05, 4.69) is 13.8 Å². The van der Waals surface area contributed by atoms with Gasteiger partial charge < -0.3 is 10.2 Å². The van der Waals surface area contributed by atoms with Gasteiger partial charge in [0.05, 0.1) is 12.2 Å². The number of hydrogen-bond acceptors (Lipinski definition) is 2. The van der Waals surface area contributed by atoms with Crippen molar-refractivity contribution in [2.75, 3.05) is 0 Å². The molecule has 2 N–H and O–H groups in total. The number of hydrogen-bond donors (Lipinski definition) is 2. The Balaban J connectivity index is 3.36. The van der Waals surface area contributed by atoms with E-state index in [0.717, 1.165) is 18.8 Å². The molecular weight excluding hydrogens is 176 g/mol. The second-order valence-electron chi connectivity index (χ2n) is 4.27. The molecule has 2 heteroatoms. The minimum absolute atomic E-state index is 0.531. The number of aliphatic hydroxyl groups excluding tert-OH is 2. The lowest BCUT2D eigenvalue weighted by atomic mass is 9.95. The largest absolute Gasteiger partial charge is 0.391 e. The van der Waals surface area contributed by atoms with Gasteiger partial charge in [-0.15, -0.1) is 0 Å². The van der Waals surface area contributed by atoms with Crippen LogP contribution in [-0.2, 0) is 0 Å². The summed E-state index contributed by atoms with van der Waals surface area (Å²) >= 11 is 0. The van der Waals surface area contributed by atoms with Gasteiger partial charge in [-0.25, -0.2) is 0 Å². The molecule has 0 aromatic rings. The third-order valence-corrected chi connectivity index (χ3v) is 3.07. The molecule has 2 nitrogen and oxygen atoms in total. The van der Waals surface area contributed by atoms with Crippen molar-refractivity contribution in [3.8, 4) is 0 Å². The lowest BCUT2D eigenvalue weighted by Crippen LogP contribution is -2.22. The van der Waals surface area contributed by atoms with Gasteiger partial charge >= 0.3 is 0 Å². The molecule has 0 spiro atoms. The minimum Gasteiger partial charge on any atom is -0.391 e. The summed E-state index contributed by atoms with van der Waals surface area (Å²) in [7, 11) is 0. The van der Waals surface area contributed by atoms with Crippen molar-refractivity contribution < 1.29 is 10.2 Å². The van der Waals surface area contributed by atoms with Gasteiger partial charge in [-0.3, -0.25) is 0 Å². The zero-order valence-corrected chi connectivity index (χ0v) is 9.87. The second kappa shape index (κ2) is 8.25. The smallest absolute Gasteiger partial charge is 0.0796 e. The molecule has 2 atom stereocenters. The van der Waals surface area contributed by atoms with E-state index in [0.29, 0.717) is 0 Å². The average Bonchev–Trinajstić information content (AvgIpc) is 2.17. The van der Waals surface area contributed by atoms with Crippen LogP contribution < -0.4 is 0 Å². The Morgan fingerprint density at radius 3 is 1.86 bits per heavy atom. The van der Waals surface area contributed by atoms with Crippen LogP contribution in [0.15, 0.2) is 0 Å². The minimum atomic E-state index is -0.580. The Kier molecular flexibility index (Phi) is 8.20. The average molecular weight is 202 g/mol. The summed E-state index contributed by atoms with van der Waals surface area (Å²) in [5.74, 6) is 0.846. The van der Waals surface area contributed by atoms with Crippen molar-refractivity contribution in [2.45, 2.75) is 71.5 Å². The van der Waals surface area contributed by atoms with Crippen molar-refractivity contribution in [2.24, 2.45) is 5.92 Å². The molecule has 0 saturated heterocycles. The van der Waals surface area contributed by atoms with Crippen LogP contribution in [-0.4, -0.2) is 22.4 Å². The number of aliphatic hydroxyl groups is 2. The first-order chi connectivity index (χ1) is 6.61. The summed E-state index contributed by atoms with van der Waals surface area (Å²) in [6.07, 6.45) is 5.61. The summed E-state index contributed by atoms with van der Waals surface area (Å²) in [5, 5.41) is 18.4. The highest BCUT2D eigenvalue weighted by atomic mass is 16.3. The number of rotatable bonds is 8. The Bertz CT molecular complexity index is 115. The van der Waals surface area contributed by atoms with Crippen molar-refractivity contribution in [3.05, 3.63) is 0 Å². The molecule has 0 heterocycles. The van der Waals surface area contributed by atoms with Gasteiger partial charge in [0.2, 0.25) is 0 Å². The Hall–Kier alpha value is -0.0800. The Morgan fingerprint density at radius 1 is 0.929 bits per heavy atom. The van der Waals surface area contributed by atoms with Gasteiger partial charge in [0.25, 0.3) is 0 Å². The van der Waals surface area contributed by atoms with Gasteiger partial charge in [0.15, 0.2) is 0 Å². The van der Waals surface area contributed by atoms with E-state index < -0.39 is 12.2 Å². The molecule has 0 fully saturated rings. The summed E-state index contributed by atoms with van der Waals surface area (Å²) in [6.45, 7) is 6.11. The molecular formula is C12H26O2. The molecule has 0 aromatic heterocycles.